The molecule has 0 saturated heterocycles. The first-order valence-corrected chi connectivity index (χ1v) is 7.24. The number of carbonyl (C=O) groups excluding carboxylic acids is 2. The molecule has 6 aliphatic carbocycles. The number of rotatable bonds is 2. The molecule has 0 spiro atoms. The van der Waals surface area contributed by atoms with Crippen LogP contribution < -0.4 is 0 Å². The zero-order valence-corrected chi connectivity index (χ0v) is 11.3. The first-order valence-electron chi connectivity index (χ1n) is 7.24. The summed E-state index contributed by atoms with van der Waals surface area (Å²) in [4.78, 5) is 24.3. The van der Waals surface area contributed by atoms with Crippen molar-refractivity contribution in [3.8, 4) is 0 Å². The fourth-order valence-corrected chi connectivity index (χ4v) is 7.59. The lowest BCUT2D eigenvalue weighted by atomic mass is 9.04. The van der Waals surface area contributed by atoms with E-state index in [9.17, 15) is 9.59 Å². The third kappa shape index (κ3) is 0.711. The van der Waals surface area contributed by atoms with Crippen molar-refractivity contribution in [3.05, 3.63) is 0 Å². The highest BCUT2D eigenvalue weighted by Crippen LogP contribution is 2.98. The summed E-state index contributed by atoms with van der Waals surface area (Å²) in [6.45, 7) is 2.39. The van der Waals surface area contributed by atoms with E-state index in [2.05, 4.69) is 6.92 Å². The molecule has 6 rings (SSSR count). The zero-order valence-electron chi connectivity index (χ0n) is 11.3. The van der Waals surface area contributed by atoms with Crippen LogP contribution in [0.4, 0.5) is 0 Å². The van der Waals surface area contributed by atoms with Crippen LogP contribution in [0.15, 0.2) is 0 Å². The molecule has 0 aromatic rings. The molecule has 0 amide bonds. The lowest BCUT2D eigenvalue weighted by molar-refractivity contribution is -0.526. The Labute approximate surface area is 111 Å². The minimum absolute atomic E-state index is 0.193. The second-order valence-electron chi connectivity index (χ2n) is 7.35. The Bertz CT molecular complexity index is 506. The number of carbonyl (C=O) groups is 2. The third-order valence-electron chi connectivity index (χ3n) is 7.69. The monoisotopic (exact) mass is 262 g/mol. The molecule has 19 heavy (non-hydrogen) atoms. The maximum Gasteiger partial charge on any atom is 0.309 e. The molecule has 6 aliphatic rings. The smallest absolute Gasteiger partial charge is 0.309 e. The van der Waals surface area contributed by atoms with E-state index in [1.165, 1.54) is 14.2 Å². The second-order valence-corrected chi connectivity index (χ2v) is 7.35. The van der Waals surface area contributed by atoms with Gasteiger partial charge in [-0.2, -0.15) is 0 Å². The van der Waals surface area contributed by atoms with Gasteiger partial charge in [0.05, 0.1) is 26.1 Å². The van der Waals surface area contributed by atoms with E-state index in [0.717, 1.165) is 5.92 Å². The molecule has 0 aromatic heterocycles. The summed E-state index contributed by atoms with van der Waals surface area (Å²) in [5, 5.41) is 0. The predicted octanol–water partition coefficient (Wildman–Crippen LogP) is 0.952. The highest BCUT2D eigenvalue weighted by Gasteiger charge is 2.97. The Morgan fingerprint density at radius 1 is 0.789 bits per heavy atom. The molecule has 6 saturated carbocycles. The number of methoxy groups -OCH3 is 2. The molecular weight excluding hydrogens is 244 g/mol. The van der Waals surface area contributed by atoms with Gasteiger partial charge in [-0.25, -0.2) is 0 Å². The third-order valence-corrected chi connectivity index (χ3v) is 7.69. The largest absolute Gasteiger partial charge is 0.469 e. The van der Waals surface area contributed by atoms with Gasteiger partial charge in [0.1, 0.15) is 0 Å². The van der Waals surface area contributed by atoms with Crippen LogP contribution in [-0.4, -0.2) is 26.2 Å². The van der Waals surface area contributed by atoms with Crippen LogP contribution >= 0.6 is 0 Å². The highest BCUT2D eigenvalue weighted by atomic mass is 16.5. The van der Waals surface area contributed by atoms with E-state index >= 15 is 0 Å². The van der Waals surface area contributed by atoms with Gasteiger partial charge in [0.25, 0.3) is 0 Å². The van der Waals surface area contributed by atoms with Crippen molar-refractivity contribution < 1.29 is 19.1 Å². The minimum Gasteiger partial charge on any atom is -0.469 e. The molecule has 6 fully saturated rings. The van der Waals surface area contributed by atoms with Gasteiger partial charge in [0, 0.05) is 0 Å². The van der Waals surface area contributed by atoms with Crippen molar-refractivity contribution in [3.63, 3.8) is 0 Å². The quantitative estimate of drug-likeness (QED) is 0.695. The van der Waals surface area contributed by atoms with Crippen molar-refractivity contribution in [2.75, 3.05) is 14.2 Å². The standard InChI is InChI=1S/C15H18O4/c1-15-10-7-4-5(13(16)18-2)6(14(17)19-3)9(11(7)15)12(15)8(4)10/h4-12H,1-3H3/t4?,5-,6-,7+,8+,9?,10?,11-,12-,15?/m0/s1. The molecule has 0 heterocycles. The molecule has 4 nitrogen and oxygen atoms in total. The Kier molecular flexibility index (Phi) is 1.52. The Morgan fingerprint density at radius 3 is 1.68 bits per heavy atom. The molecule has 6 atom stereocenters. The van der Waals surface area contributed by atoms with Gasteiger partial charge < -0.3 is 9.47 Å². The van der Waals surface area contributed by atoms with Crippen LogP contribution in [0.25, 0.3) is 0 Å². The normalized spacial score (nSPS) is 64.7. The maximum atomic E-state index is 12.2. The van der Waals surface area contributed by atoms with Gasteiger partial charge in [0.15, 0.2) is 0 Å². The van der Waals surface area contributed by atoms with Gasteiger partial charge in [-0.1, -0.05) is 6.92 Å². The number of esters is 2. The maximum absolute atomic E-state index is 12.2. The first-order chi connectivity index (χ1) is 9.08. The van der Waals surface area contributed by atoms with E-state index in [0.29, 0.717) is 40.9 Å². The van der Waals surface area contributed by atoms with Crippen molar-refractivity contribution in [2.45, 2.75) is 6.92 Å². The van der Waals surface area contributed by atoms with Crippen LogP contribution in [-0.2, 0) is 19.1 Å². The van der Waals surface area contributed by atoms with Crippen LogP contribution in [0.2, 0.25) is 0 Å². The van der Waals surface area contributed by atoms with Crippen LogP contribution in [0.3, 0.4) is 0 Å². The lowest BCUT2D eigenvalue weighted by Crippen LogP contribution is -2.97. The molecule has 4 heteroatoms. The van der Waals surface area contributed by atoms with E-state index in [-0.39, 0.29) is 23.8 Å². The Hall–Kier alpha value is -1.06. The summed E-state index contributed by atoms with van der Waals surface area (Å²) in [7, 11) is 2.86. The minimum atomic E-state index is -0.237. The molecule has 0 radical (unpaired) electrons. The molecule has 102 valence electrons. The second kappa shape index (κ2) is 2.70. The molecule has 0 aromatic carbocycles. The Balaban J connectivity index is 1.57. The number of fused-ring (bicyclic) bond motifs is 1. The summed E-state index contributed by atoms with van der Waals surface area (Å²) < 4.78 is 9.95. The number of hydrogen-bond acceptors (Lipinski definition) is 4. The van der Waals surface area contributed by atoms with Crippen LogP contribution in [0.5, 0.6) is 0 Å². The molecule has 0 aliphatic heterocycles. The molecule has 0 unspecified atom stereocenters. The number of hydrogen-bond donors (Lipinski definition) is 0. The summed E-state index contributed by atoms with van der Waals surface area (Å²) in [5.41, 5.74) is 0.518. The summed E-state index contributed by atoms with van der Waals surface area (Å²) >= 11 is 0. The van der Waals surface area contributed by atoms with Gasteiger partial charge in [-0.3, -0.25) is 9.59 Å². The summed E-state index contributed by atoms with van der Waals surface area (Å²) in [6.07, 6.45) is 0. The summed E-state index contributed by atoms with van der Waals surface area (Å²) in [6, 6.07) is 0. The average molecular weight is 262 g/mol. The molecule has 2 bridgehead atoms. The lowest BCUT2D eigenvalue weighted by Gasteiger charge is -2.99. The van der Waals surface area contributed by atoms with Gasteiger partial charge in [0.2, 0.25) is 0 Å². The van der Waals surface area contributed by atoms with Gasteiger partial charge >= 0.3 is 11.9 Å². The van der Waals surface area contributed by atoms with E-state index in [4.69, 9.17) is 9.47 Å². The van der Waals surface area contributed by atoms with E-state index < -0.39 is 0 Å². The summed E-state index contributed by atoms with van der Waals surface area (Å²) in [5.74, 6) is 3.57. The van der Waals surface area contributed by atoms with Crippen LogP contribution in [0, 0.1) is 58.7 Å². The van der Waals surface area contributed by atoms with Gasteiger partial charge in [-0.15, -0.1) is 0 Å². The average Bonchev–Trinajstić information content (AvgIpc) is 2.42. The van der Waals surface area contributed by atoms with Gasteiger partial charge in [-0.05, 0) is 46.8 Å². The predicted molar refractivity (Wildman–Crippen MR) is 63.5 cm³/mol. The van der Waals surface area contributed by atoms with Crippen molar-refractivity contribution >= 4 is 11.9 Å². The van der Waals surface area contributed by atoms with E-state index in [1.54, 1.807) is 0 Å². The Morgan fingerprint density at radius 2 is 1.21 bits per heavy atom. The fourth-order valence-electron chi connectivity index (χ4n) is 7.59. The first kappa shape index (κ1) is 10.7. The van der Waals surface area contributed by atoms with Crippen molar-refractivity contribution in [1.82, 2.24) is 0 Å². The van der Waals surface area contributed by atoms with Crippen LogP contribution in [0.1, 0.15) is 6.92 Å². The fraction of sp³-hybridized carbons (Fsp3) is 0.867. The SMILES string of the molecule is COC(=O)[C@@H]1C2[C@@H]3[C@@H]4C([C@@H]5C4C3(C)[C@H]25)[C@@H]1C(=O)OC. The van der Waals surface area contributed by atoms with Crippen molar-refractivity contribution in [1.29, 1.82) is 0 Å². The highest BCUT2D eigenvalue weighted by molar-refractivity contribution is 5.84. The molecular formula is C15H18O4. The topological polar surface area (TPSA) is 52.6 Å². The van der Waals surface area contributed by atoms with Crippen molar-refractivity contribution in [2.24, 2.45) is 58.7 Å². The zero-order chi connectivity index (χ0) is 13.3. The number of ether oxygens (including phenoxy) is 2. The molecule has 0 N–H and O–H groups in total. The van der Waals surface area contributed by atoms with E-state index in [1.807, 2.05) is 0 Å².